The lowest BCUT2D eigenvalue weighted by Crippen LogP contribution is -2.44. The number of aliphatic hydroxyl groups excluding tert-OH is 1. The van der Waals surface area contributed by atoms with Gasteiger partial charge in [0, 0.05) is 24.1 Å². The summed E-state index contributed by atoms with van der Waals surface area (Å²) in [6.45, 7) is 4.17. The zero-order valence-corrected chi connectivity index (χ0v) is 16.5. The molecule has 2 aliphatic rings. The Hall–Kier alpha value is -2.17. The van der Waals surface area contributed by atoms with Crippen LogP contribution in [0.1, 0.15) is 48.0 Å². The van der Waals surface area contributed by atoms with E-state index in [9.17, 15) is 9.90 Å². The third-order valence-electron chi connectivity index (χ3n) is 6.41. The molecule has 1 heterocycles. The highest BCUT2D eigenvalue weighted by molar-refractivity contribution is 5.94. The van der Waals surface area contributed by atoms with Crippen LogP contribution in [0.25, 0.3) is 11.1 Å². The van der Waals surface area contributed by atoms with Crippen LogP contribution in [0.5, 0.6) is 0 Å². The minimum Gasteiger partial charge on any atom is -0.396 e. The Morgan fingerprint density at radius 3 is 2.07 bits per heavy atom. The Balaban J connectivity index is 1.35. The van der Waals surface area contributed by atoms with E-state index < -0.39 is 0 Å². The number of carbonyl (C=O) groups excluding carboxylic acids is 1. The van der Waals surface area contributed by atoms with Crippen LogP contribution >= 0.6 is 0 Å². The van der Waals surface area contributed by atoms with E-state index in [0.717, 1.165) is 31.4 Å². The Labute approximate surface area is 167 Å². The molecule has 0 atom stereocenters. The fraction of sp³-hybridized carbons (Fsp3) is 0.458. The largest absolute Gasteiger partial charge is 0.396 e. The fourth-order valence-corrected chi connectivity index (χ4v) is 4.25. The molecule has 0 aromatic heterocycles. The molecular formula is C24H30N2O2. The van der Waals surface area contributed by atoms with Gasteiger partial charge in [-0.15, -0.1) is 0 Å². The van der Waals surface area contributed by atoms with Crippen LogP contribution in [-0.4, -0.2) is 42.2 Å². The van der Waals surface area contributed by atoms with Crippen molar-refractivity contribution in [2.24, 2.45) is 5.41 Å². The van der Waals surface area contributed by atoms with Crippen molar-refractivity contribution in [1.29, 1.82) is 0 Å². The van der Waals surface area contributed by atoms with Gasteiger partial charge in [-0.05, 0) is 67.6 Å². The van der Waals surface area contributed by atoms with Crippen LogP contribution < -0.4 is 5.32 Å². The zero-order valence-electron chi connectivity index (χ0n) is 16.5. The first-order chi connectivity index (χ1) is 13.7. The molecule has 1 saturated heterocycles. The lowest BCUT2D eigenvalue weighted by molar-refractivity contribution is 0.0429. The first-order valence-electron chi connectivity index (χ1n) is 10.5. The molecule has 4 heteroatoms. The lowest BCUT2D eigenvalue weighted by atomic mass is 9.69. The third-order valence-corrected chi connectivity index (χ3v) is 6.41. The van der Waals surface area contributed by atoms with Crippen molar-refractivity contribution in [3.8, 4) is 11.1 Å². The normalized spacial score (nSPS) is 18.6. The van der Waals surface area contributed by atoms with Gasteiger partial charge in [-0.1, -0.05) is 42.8 Å². The number of likely N-dealkylation sites (tertiary alicyclic amines) is 1. The SMILES string of the molecule is O=C(NCC1(CO)CCC1)c1ccc(-c2ccc(CN3CCCC3)cc2)cc1. The predicted molar refractivity (Wildman–Crippen MR) is 112 cm³/mol. The van der Waals surface area contributed by atoms with Gasteiger partial charge in [0.15, 0.2) is 0 Å². The van der Waals surface area contributed by atoms with Crippen LogP contribution in [0.15, 0.2) is 48.5 Å². The van der Waals surface area contributed by atoms with Gasteiger partial charge in [0.2, 0.25) is 0 Å². The maximum Gasteiger partial charge on any atom is 0.251 e. The number of amides is 1. The first kappa shape index (κ1) is 19.2. The van der Waals surface area contributed by atoms with Gasteiger partial charge < -0.3 is 10.4 Å². The lowest BCUT2D eigenvalue weighted by Gasteiger charge is -2.40. The average molecular weight is 379 g/mol. The summed E-state index contributed by atoms with van der Waals surface area (Å²) in [6, 6.07) is 16.5. The topological polar surface area (TPSA) is 52.6 Å². The van der Waals surface area contributed by atoms with Crippen LogP contribution in [0.3, 0.4) is 0 Å². The van der Waals surface area contributed by atoms with Crippen LogP contribution in [0, 0.1) is 5.41 Å². The number of nitrogens with one attached hydrogen (secondary N) is 1. The van der Waals surface area contributed by atoms with Crippen molar-refractivity contribution in [3.05, 3.63) is 59.7 Å². The quantitative estimate of drug-likeness (QED) is 0.770. The van der Waals surface area contributed by atoms with Crippen molar-refractivity contribution >= 4 is 5.91 Å². The second-order valence-corrected chi connectivity index (χ2v) is 8.45. The molecule has 2 fully saturated rings. The van der Waals surface area contributed by atoms with Gasteiger partial charge in [-0.3, -0.25) is 9.69 Å². The van der Waals surface area contributed by atoms with Crippen LogP contribution in [-0.2, 0) is 6.54 Å². The monoisotopic (exact) mass is 378 g/mol. The molecule has 0 spiro atoms. The first-order valence-corrected chi connectivity index (χ1v) is 10.5. The summed E-state index contributed by atoms with van der Waals surface area (Å²) in [5.41, 5.74) is 4.23. The van der Waals surface area contributed by atoms with E-state index in [1.165, 1.54) is 37.1 Å². The van der Waals surface area contributed by atoms with Crippen molar-refractivity contribution in [1.82, 2.24) is 10.2 Å². The second-order valence-electron chi connectivity index (χ2n) is 8.45. The van der Waals surface area contributed by atoms with Gasteiger partial charge in [-0.25, -0.2) is 0 Å². The maximum absolute atomic E-state index is 12.4. The van der Waals surface area contributed by atoms with E-state index in [1.807, 2.05) is 24.3 Å². The minimum absolute atomic E-state index is 0.0627. The number of rotatable bonds is 7. The van der Waals surface area contributed by atoms with Gasteiger partial charge in [0.05, 0.1) is 6.61 Å². The molecule has 148 valence electrons. The van der Waals surface area contributed by atoms with Crippen molar-refractivity contribution < 1.29 is 9.90 Å². The smallest absolute Gasteiger partial charge is 0.251 e. The summed E-state index contributed by atoms with van der Waals surface area (Å²) in [6.07, 6.45) is 5.77. The number of hydrogen-bond donors (Lipinski definition) is 2. The van der Waals surface area contributed by atoms with E-state index in [-0.39, 0.29) is 17.9 Å². The maximum atomic E-state index is 12.4. The van der Waals surface area contributed by atoms with Crippen molar-refractivity contribution in [3.63, 3.8) is 0 Å². The number of carbonyl (C=O) groups is 1. The average Bonchev–Trinajstić information content (AvgIpc) is 3.21. The summed E-state index contributed by atoms with van der Waals surface area (Å²) < 4.78 is 0. The summed E-state index contributed by atoms with van der Waals surface area (Å²) in [4.78, 5) is 14.9. The zero-order chi connectivity index (χ0) is 19.4. The van der Waals surface area contributed by atoms with Gasteiger partial charge >= 0.3 is 0 Å². The van der Waals surface area contributed by atoms with E-state index in [1.54, 1.807) is 0 Å². The number of nitrogens with zero attached hydrogens (tertiary/aromatic N) is 1. The number of benzene rings is 2. The molecule has 2 N–H and O–H groups in total. The van der Waals surface area contributed by atoms with E-state index in [4.69, 9.17) is 0 Å². The standard InChI is InChI=1S/C24H30N2O2/c27-18-24(12-3-13-24)17-25-23(28)22-10-8-21(9-11-22)20-6-4-19(5-7-20)16-26-14-1-2-15-26/h4-11,27H,1-3,12-18H2,(H,25,28). The number of aliphatic hydroxyl groups is 1. The summed E-state index contributed by atoms with van der Waals surface area (Å²) in [5.74, 6) is -0.0627. The Morgan fingerprint density at radius 1 is 0.929 bits per heavy atom. The Kier molecular flexibility index (Phi) is 5.79. The van der Waals surface area contributed by atoms with E-state index in [2.05, 4.69) is 34.5 Å². The Bertz CT molecular complexity index is 783. The highest BCUT2D eigenvalue weighted by atomic mass is 16.3. The summed E-state index contributed by atoms with van der Waals surface area (Å²) in [5, 5.41) is 12.5. The van der Waals surface area contributed by atoms with Gasteiger partial charge in [0.25, 0.3) is 5.91 Å². The molecule has 2 aromatic rings. The molecule has 0 radical (unpaired) electrons. The molecular weight excluding hydrogens is 348 g/mol. The molecule has 0 unspecified atom stereocenters. The molecule has 28 heavy (non-hydrogen) atoms. The van der Waals surface area contributed by atoms with Crippen LogP contribution in [0.4, 0.5) is 0 Å². The van der Waals surface area contributed by atoms with E-state index >= 15 is 0 Å². The summed E-state index contributed by atoms with van der Waals surface area (Å²) in [7, 11) is 0. The molecule has 0 bridgehead atoms. The fourth-order valence-electron chi connectivity index (χ4n) is 4.25. The highest BCUT2D eigenvalue weighted by Crippen LogP contribution is 2.39. The molecule has 1 aliphatic heterocycles. The summed E-state index contributed by atoms with van der Waals surface area (Å²) >= 11 is 0. The van der Waals surface area contributed by atoms with E-state index in [0.29, 0.717) is 12.1 Å². The van der Waals surface area contributed by atoms with Gasteiger partial charge in [0.1, 0.15) is 0 Å². The molecule has 2 aromatic carbocycles. The highest BCUT2D eigenvalue weighted by Gasteiger charge is 2.36. The molecule has 1 aliphatic carbocycles. The molecule has 4 rings (SSSR count). The molecule has 1 saturated carbocycles. The molecule has 1 amide bonds. The predicted octanol–water partition coefficient (Wildman–Crippen LogP) is 3.84. The van der Waals surface area contributed by atoms with Crippen LogP contribution in [0.2, 0.25) is 0 Å². The minimum atomic E-state index is -0.0909. The Morgan fingerprint density at radius 2 is 1.54 bits per heavy atom. The second kappa shape index (κ2) is 8.46. The molecule has 4 nitrogen and oxygen atoms in total. The van der Waals surface area contributed by atoms with Crippen molar-refractivity contribution in [2.45, 2.75) is 38.6 Å². The third kappa shape index (κ3) is 4.29. The van der Waals surface area contributed by atoms with Crippen molar-refractivity contribution in [2.75, 3.05) is 26.2 Å². The van der Waals surface area contributed by atoms with Gasteiger partial charge in [-0.2, -0.15) is 0 Å². The number of hydrogen-bond acceptors (Lipinski definition) is 3.